The topological polar surface area (TPSA) is 18.5 Å². The van der Waals surface area contributed by atoms with Gasteiger partial charge in [-0.25, -0.2) is 0 Å². The van der Waals surface area contributed by atoms with Gasteiger partial charge in [0.2, 0.25) is 0 Å². The van der Waals surface area contributed by atoms with Crippen molar-refractivity contribution in [2.45, 2.75) is 6.10 Å². The minimum atomic E-state index is -0.321. The van der Waals surface area contributed by atoms with Crippen LogP contribution in [0.4, 0.5) is 0 Å². The van der Waals surface area contributed by atoms with Crippen molar-refractivity contribution in [3.8, 4) is 94.9 Å². The van der Waals surface area contributed by atoms with Crippen molar-refractivity contribution >= 4 is 11.3 Å². The van der Waals surface area contributed by atoms with Gasteiger partial charge in [-0.2, -0.15) is 0 Å². The summed E-state index contributed by atoms with van der Waals surface area (Å²) in [5.41, 5.74) is 0. The Balaban J connectivity index is 1.82. The average molecular weight is 310 g/mol. The molecule has 1 aromatic rings. The van der Waals surface area contributed by atoms with E-state index in [2.05, 4.69) is 77.0 Å². The molecule has 0 aliphatic carbocycles. The first-order valence-electron chi connectivity index (χ1n) is 6.22. The predicted molar refractivity (Wildman–Crippen MR) is 89.7 cm³/mol. The molecule has 0 radical (unpaired) electrons. The standard InChI is InChI=1S/C20H6O2S/c1-2-3-4-5-6-7-8-9-10-11-12-13-14-18-15-21-19-16-23-17-20(19)22-18/h1,16-18H,15H2. The van der Waals surface area contributed by atoms with Crippen molar-refractivity contribution in [2.75, 3.05) is 6.61 Å². The molecule has 1 aromatic heterocycles. The van der Waals surface area contributed by atoms with Crippen LogP contribution in [0.15, 0.2) is 10.8 Å². The van der Waals surface area contributed by atoms with Crippen molar-refractivity contribution in [1.29, 1.82) is 0 Å². The van der Waals surface area contributed by atoms with Crippen molar-refractivity contribution in [2.24, 2.45) is 0 Å². The molecule has 2 rings (SSSR count). The van der Waals surface area contributed by atoms with E-state index < -0.39 is 0 Å². The molecule has 1 atom stereocenters. The van der Waals surface area contributed by atoms with Gasteiger partial charge >= 0.3 is 0 Å². The first kappa shape index (κ1) is 15.6. The summed E-state index contributed by atoms with van der Waals surface area (Å²) in [4.78, 5) is 0. The largest absolute Gasteiger partial charge is 0.484 e. The van der Waals surface area contributed by atoms with Crippen LogP contribution in [-0.2, 0) is 0 Å². The third kappa shape index (κ3) is 5.61. The Morgan fingerprint density at radius 2 is 1.39 bits per heavy atom. The Labute approximate surface area is 139 Å². The third-order valence-electron chi connectivity index (χ3n) is 2.18. The number of thiophene rings is 1. The summed E-state index contributed by atoms with van der Waals surface area (Å²) in [7, 11) is 0. The van der Waals surface area contributed by atoms with Gasteiger partial charge in [-0.15, -0.1) is 17.8 Å². The number of ether oxygens (including phenoxy) is 2. The van der Waals surface area contributed by atoms with Gasteiger partial charge in [-0.3, -0.25) is 0 Å². The van der Waals surface area contributed by atoms with Gasteiger partial charge < -0.3 is 9.47 Å². The molecular weight excluding hydrogens is 304 g/mol. The van der Waals surface area contributed by atoms with Gasteiger partial charge in [0, 0.05) is 10.8 Å². The summed E-state index contributed by atoms with van der Waals surface area (Å²) in [6.07, 6.45) is 4.60. The Morgan fingerprint density at radius 3 is 2.04 bits per heavy atom. The van der Waals surface area contributed by atoms with E-state index in [1.165, 1.54) is 11.3 Å². The maximum atomic E-state index is 5.62. The number of terminal acetylenes is 1. The number of fused-ring (bicyclic) bond motifs is 1. The molecule has 104 valence electrons. The average Bonchev–Trinajstić information content (AvgIpc) is 3.03. The van der Waals surface area contributed by atoms with E-state index in [1.54, 1.807) is 0 Å². The molecule has 1 aliphatic rings. The molecule has 0 spiro atoms. The first-order chi connectivity index (χ1) is 11.4. The lowest BCUT2D eigenvalue weighted by Gasteiger charge is -2.19. The Hall–Kier alpha value is -3.78. The van der Waals surface area contributed by atoms with Crippen LogP contribution in [0.5, 0.6) is 11.5 Å². The zero-order valence-electron chi connectivity index (χ0n) is 11.7. The summed E-state index contributed by atoms with van der Waals surface area (Å²) in [6.45, 7) is 0.386. The van der Waals surface area contributed by atoms with Crippen LogP contribution >= 0.6 is 11.3 Å². The molecule has 2 heterocycles. The zero-order valence-corrected chi connectivity index (χ0v) is 12.6. The van der Waals surface area contributed by atoms with E-state index in [0.29, 0.717) is 6.61 Å². The van der Waals surface area contributed by atoms with E-state index in [0.717, 1.165) is 11.5 Å². The molecule has 0 bridgehead atoms. The molecule has 23 heavy (non-hydrogen) atoms. The molecule has 0 saturated carbocycles. The monoisotopic (exact) mass is 310 g/mol. The number of hydrogen-bond donors (Lipinski definition) is 0. The molecule has 0 N–H and O–H groups in total. The van der Waals surface area contributed by atoms with Gasteiger partial charge in [0.15, 0.2) is 17.6 Å². The fraction of sp³-hybridized carbons (Fsp3) is 0.100. The maximum absolute atomic E-state index is 5.62. The van der Waals surface area contributed by atoms with Crippen LogP contribution in [0.1, 0.15) is 0 Å². The van der Waals surface area contributed by atoms with E-state index in [1.807, 2.05) is 10.8 Å². The van der Waals surface area contributed by atoms with Gasteiger partial charge in [0.1, 0.15) is 6.61 Å². The number of hydrogen-bond acceptors (Lipinski definition) is 3. The highest BCUT2D eigenvalue weighted by Gasteiger charge is 2.19. The highest BCUT2D eigenvalue weighted by atomic mass is 32.1. The molecule has 0 fully saturated rings. The Bertz CT molecular complexity index is 998. The molecule has 1 unspecified atom stereocenters. The lowest BCUT2D eigenvalue weighted by atomic mass is 10.3. The number of rotatable bonds is 0. The van der Waals surface area contributed by atoms with E-state index in [9.17, 15) is 0 Å². The van der Waals surface area contributed by atoms with Crippen LogP contribution in [0, 0.1) is 83.4 Å². The summed E-state index contributed by atoms with van der Waals surface area (Å²) in [5.74, 6) is 34.1. The van der Waals surface area contributed by atoms with Gasteiger partial charge in [-0.05, 0) is 77.0 Å². The molecule has 0 aromatic carbocycles. The minimum absolute atomic E-state index is 0.321. The summed E-state index contributed by atoms with van der Waals surface area (Å²) >= 11 is 1.52. The lowest BCUT2D eigenvalue weighted by molar-refractivity contribution is 0.130. The van der Waals surface area contributed by atoms with Crippen molar-refractivity contribution in [1.82, 2.24) is 0 Å². The van der Waals surface area contributed by atoms with E-state index in [4.69, 9.17) is 15.9 Å². The second-order valence-corrected chi connectivity index (χ2v) is 4.43. The van der Waals surface area contributed by atoms with Gasteiger partial charge in [-0.1, -0.05) is 0 Å². The maximum Gasteiger partial charge on any atom is 0.194 e. The Morgan fingerprint density at radius 1 is 0.826 bits per heavy atom. The molecular formula is C20H6O2S. The minimum Gasteiger partial charge on any atom is -0.484 e. The highest BCUT2D eigenvalue weighted by molar-refractivity contribution is 7.08. The summed E-state index contributed by atoms with van der Waals surface area (Å²) in [6, 6.07) is 0. The normalized spacial score (nSPS) is 12.0. The van der Waals surface area contributed by atoms with Crippen LogP contribution in [0.2, 0.25) is 0 Å². The second kappa shape index (κ2) is 9.21. The van der Waals surface area contributed by atoms with E-state index >= 15 is 0 Å². The van der Waals surface area contributed by atoms with Crippen LogP contribution < -0.4 is 9.47 Å². The highest BCUT2D eigenvalue weighted by Crippen LogP contribution is 2.34. The molecule has 2 nitrogen and oxygen atoms in total. The van der Waals surface area contributed by atoms with Gasteiger partial charge in [0.25, 0.3) is 0 Å². The molecule has 3 heteroatoms. The van der Waals surface area contributed by atoms with Crippen molar-refractivity contribution < 1.29 is 9.47 Å². The van der Waals surface area contributed by atoms with Gasteiger partial charge in [0.05, 0.1) is 0 Å². The van der Waals surface area contributed by atoms with Crippen LogP contribution in [0.3, 0.4) is 0 Å². The van der Waals surface area contributed by atoms with Crippen molar-refractivity contribution in [3.05, 3.63) is 10.8 Å². The molecule has 1 aliphatic heterocycles. The Kier molecular flexibility index (Phi) is 6.25. The van der Waals surface area contributed by atoms with Crippen molar-refractivity contribution in [3.63, 3.8) is 0 Å². The SMILES string of the molecule is C#CC#CC#CC#CC#CC#CC#CC1COc2cscc2O1. The lowest BCUT2D eigenvalue weighted by Crippen LogP contribution is -2.26. The van der Waals surface area contributed by atoms with Crippen LogP contribution in [-0.4, -0.2) is 12.7 Å². The quantitative estimate of drug-likeness (QED) is 0.677. The molecule has 0 amide bonds. The zero-order chi connectivity index (χ0) is 16.2. The fourth-order valence-corrected chi connectivity index (χ4v) is 1.99. The third-order valence-corrected chi connectivity index (χ3v) is 2.88. The summed E-state index contributed by atoms with van der Waals surface area (Å²) < 4.78 is 11.1. The van der Waals surface area contributed by atoms with Crippen LogP contribution in [0.25, 0.3) is 0 Å². The second-order valence-electron chi connectivity index (χ2n) is 3.68. The fourth-order valence-electron chi connectivity index (χ4n) is 1.32. The first-order valence-corrected chi connectivity index (χ1v) is 7.16. The predicted octanol–water partition coefficient (Wildman–Crippen LogP) is 1.54. The smallest absolute Gasteiger partial charge is 0.194 e. The summed E-state index contributed by atoms with van der Waals surface area (Å²) in [5, 5.41) is 3.77. The van der Waals surface area contributed by atoms with E-state index in [-0.39, 0.29) is 6.10 Å². The molecule has 0 saturated heterocycles.